The van der Waals surface area contributed by atoms with Gasteiger partial charge in [0.15, 0.2) is 0 Å². The fraction of sp³-hybridized carbons (Fsp3) is 1.00. The lowest BCUT2D eigenvalue weighted by atomic mass is 9.67. The Morgan fingerprint density at radius 1 is 1.21 bits per heavy atom. The molecule has 14 heavy (non-hydrogen) atoms. The van der Waals surface area contributed by atoms with Gasteiger partial charge in [0.1, 0.15) is 0 Å². The van der Waals surface area contributed by atoms with E-state index in [1.807, 2.05) is 0 Å². The number of fused-ring (bicyclic) bond motifs is 5. The summed E-state index contributed by atoms with van der Waals surface area (Å²) < 4.78 is 0. The Bertz CT molecular complexity index is 248. The smallest absolute Gasteiger partial charge is 0.0211 e. The summed E-state index contributed by atoms with van der Waals surface area (Å²) in [5, 5.41) is 0. The molecule has 3 rings (SSSR count). The third-order valence-electron chi connectivity index (χ3n) is 5.68. The lowest BCUT2D eigenvalue weighted by Crippen LogP contribution is -2.53. The number of hydrogen-bond donors (Lipinski definition) is 1. The van der Waals surface area contributed by atoms with E-state index in [1.165, 1.54) is 32.1 Å². The molecule has 0 radical (unpaired) electrons. The lowest BCUT2D eigenvalue weighted by Gasteiger charge is -2.43. The highest BCUT2D eigenvalue weighted by Gasteiger charge is 2.59. The Balaban J connectivity index is 1.89. The highest BCUT2D eigenvalue weighted by atomic mass is 14.8. The van der Waals surface area contributed by atoms with E-state index < -0.39 is 0 Å². The average molecular weight is 193 g/mol. The topological polar surface area (TPSA) is 26.0 Å². The maximum Gasteiger partial charge on any atom is 0.0211 e. The van der Waals surface area contributed by atoms with Crippen LogP contribution in [0.2, 0.25) is 0 Å². The van der Waals surface area contributed by atoms with Crippen molar-refractivity contribution in [2.24, 2.45) is 35.3 Å². The Labute approximate surface area is 87.4 Å². The summed E-state index contributed by atoms with van der Waals surface area (Å²) in [4.78, 5) is 0. The van der Waals surface area contributed by atoms with Crippen molar-refractivity contribution in [3.8, 4) is 0 Å². The zero-order valence-corrected chi connectivity index (χ0v) is 9.50. The van der Waals surface area contributed by atoms with Crippen LogP contribution in [0.1, 0.15) is 46.0 Å². The van der Waals surface area contributed by atoms with Crippen LogP contribution >= 0.6 is 0 Å². The second-order valence-corrected chi connectivity index (χ2v) is 6.33. The molecular weight excluding hydrogens is 170 g/mol. The fourth-order valence-electron chi connectivity index (χ4n) is 4.90. The van der Waals surface area contributed by atoms with Crippen molar-refractivity contribution in [3.63, 3.8) is 0 Å². The first-order chi connectivity index (χ1) is 6.63. The maximum absolute atomic E-state index is 6.64. The van der Waals surface area contributed by atoms with E-state index in [4.69, 9.17) is 5.73 Å². The van der Waals surface area contributed by atoms with Gasteiger partial charge < -0.3 is 5.73 Å². The first-order valence-corrected chi connectivity index (χ1v) is 6.42. The maximum atomic E-state index is 6.64. The van der Waals surface area contributed by atoms with Gasteiger partial charge in [0.05, 0.1) is 0 Å². The molecule has 3 aliphatic rings. The normalized spacial score (nSPS) is 55.7. The molecule has 0 aromatic carbocycles. The first-order valence-electron chi connectivity index (χ1n) is 6.42. The molecule has 2 bridgehead atoms. The summed E-state index contributed by atoms with van der Waals surface area (Å²) in [6.45, 7) is 4.65. The minimum absolute atomic E-state index is 0.205. The minimum atomic E-state index is 0.205. The van der Waals surface area contributed by atoms with Crippen molar-refractivity contribution in [1.82, 2.24) is 0 Å². The van der Waals surface area contributed by atoms with Crippen LogP contribution in [0.15, 0.2) is 0 Å². The summed E-state index contributed by atoms with van der Waals surface area (Å²) in [6, 6.07) is 0. The predicted octanol–water partition coefficient (Wildman–Crippen LogP) is 2.80. The average Bonchev–Trinajstić information content (AvgIpc) is 2.71. The molecule has 0 amide bonds. The van der Waals surface area contributed by atoms with E-state index >= 15 is 0 Å². The fourth-order valence-corrected chi connectivity index (χ4v) is 4.90. The van der Waals surface area contributed by atoms with Crippen LogP contribution in [-0.2, 0) is 0 Å². The third kappa shape index (κ3) is 0.946. The van der Waals surface area contributed by atoms with Crippen molar-refractivity contribution < 1.29 is 0 Å². The Hall–Kier alpha value is -0.0400. The molecule has 2 N–H and O–H groups in total. The highest BCUT2D eigenvalue weighted by molar-refractivity contribution is 5.13. The highest BCUT2D eigenvalue weighted by Crippen LogP contribution is 2.63. The SMILES string of the molecule is CC(C)C1(N)CC2CC1C1CCCC21. The number of hydrogen-bond acceptors (Lipinski definition) is 1. The molecule has 0 aromatic heterocycles. The minimum Gasteiger partial charge on any atom is -0.325 e. The molecule has 0 heterocycles. The van der Waals surface area contributed by atoms with Crippen molar-refractivity contribution in [3.05, 3.63) is 0 Å². The van der Waals surface area contributed by atoms with Gasteiger partial charge in [0.25, 0.3) is 0 Å². The van der Waals surface area contributed by atoms with E-state index in [2.05, 4.69) is 13.8 Å². The largest absolute Gasteiger partial charge is 0.325 e. The van der Waals surface area contributed by atoms with Crippen LogP contribution < -0.4 is 5.73 Å². The predicted molar refractivity (Wildman–Crippen MR) is 58.8 cm³/mol. The third-order valence-corrected chi connectivity index (χ3v) is 5.68. The Morgan fingerprint density at radius 3 is 2.64 bits per heavy atom. The molecule has 1 nitrogen and oxygen atoms in total. The standard InChI is InChI=1S/C13H23N/c1-8(2)13(14)7-9-6-12(13)11-5-3-4-10(9)11/h8-12H,3-7,14H2,1-2H3. The van der Waals surface area contributed by atoms with Gasteiger partial charge in [0, 0.05) is 5.54 Å². The summed E-state index contributed by atoms with van der Waals surface area (Å²) in [7, 11) is 0. The van der Waals surface area contributed by atoms with Crippen molar-refractivity contribution >= 4 is 0 Å². The van der Waals surface area contributed by atoms with Gasteiger partial charge in [-0.2, -0.15) is 0 Å². The van der Waals surface area contributed by atoms with E-state index in [0.29, 0.717) is 5.92 Å². The molecule has 3 saturated carbocycles. The number of nitrogens with two attached hydrogens (primary N) is 1. The zero-order chi connectivity index (χ0) is 9.92. The second-order valence-electron chi connectivity index (χ2n) is 6.33. The molecule has 0 aromatic rings. The molecule has 1 heteroatoms. The summed E-state index contributed by atoms with van der Waals surface area (Å²) >= 11 is 0. The van der Waals surface area contributed by atoms with Gasteiger partial charge in [0.2, 0.25) is 0 Å². The molecule has 3 fully saturated rings. The molecule has 5 unspecified atom stereocenters. The summed E-state index contributed by atoms with van der Waals surface area (Å²) in [5.74, 6) is 4.65. The Morgan fingerprint density at radius 2 is 1.93 bits per heavy atom. The molecule has 80 valence electrons. The summed E-state index contributed by atoms with van der Waals surface area (Å²) in [6.07, 6.45) is 7.27. The van der Waals surface area contributed by atoms with Crippen molar-refractivity contribution in [2.45, 2.75) is 51.5 Å². The Kier molecular flexibility index (Phi) is 1.81. The second kappa shape index (κ2) is 2.75. The van der Waals surface area contributed by atoms with Gasteiger partial charge >= 0.3 is 0 Å². The molecule has 0 aliphatic heterocycles. The molecule has 3 aliphatic carbocycles. The number of rotatable bonds is 1. The zero-order valence-electron chi connectivity index (χ0n) is 9.50. The van der Waals surface area contributed by atoms with Crippen molar-refractivity contribution in [1.29, 1.82) is 0 Å². The van der Waals surface area contributed by atoms with Gasteiger partial charge in [-0.15, -0.1) is 0 Å². The van der Waals surface area contributed by atoms with Crippen LogP contribution in [0.25, 0.3) is 0 Å². The van der Waals surface area contributed by atoms with Crippen molar-refractivity contribution in [2.75, 3.05) is 0 Å². The van der Waals surface area contributed by atoms with E-state index in [1.54, 1.807) is 0 Å². The van der Waals surface area contributed by atoms with Crippen LogP contribution in [0.3, 0.4) is 0 Å². The molecular formula is C13H23N. The monoisotopic (exact) mass is 193 g/mol. The van der Waals surface area contributed by atoms with Crippen LogP contribution in [-0.4, -0.2) is 5.54 Å². The van der Waals surface area contributed by atoms with E-state index in [-0.39, 0.29) is 5.54 Å². The molecule has 0 spiro atoms. The molecule has 5 atom stereocenters. The first kappa shape index (κ1) is 9.21. The van der Waals surface area contributed by atoms with Gasteiger partial charge in [-0.05, 0) is 55.3 Å². The van der Waals surface area contributed by atoms with Gasteiger partial charge in [-0.1, -0.05) is 20.3 Å². The quantitative estimate of drug-likeness (QED) is 0.681. The van der Waals surface area contributed by atoms with Gasteiger partial charge in [-0.25, -0.2) is 0 Å². The van der Waals surface area contributed by atoms with Crippen LogP contribution in [0.4, 0.5) is 0 Å². The lowest BCUT2D eigenvalue weighted by molar-refractivity contribution is 0.116. The molecule has 0 saturated heterocycles. The van der Waals surface area contributed by atoms with Gasteiger partial charge in [-0.3, -0.25) is 0 Å². The van der Waals surface area contributed by atoms with E-state index in [9.17, 15) is 0 Å². The van der Waals surface area contributed by atoms with Crippen LogP contribution in [0, 0.1) is 29.6 Å². The summed E-state index contributed by atoms with van der Waals surface area (Å²) in [5.41, 5.74) is 6.85. The van der Waals surface area contributed by atoms with Crippen LogP contribution in [0.5, 0.6) is 0 Å². The van der Waals surface area contributed by atoms with E-state index in [0.717, 1.165) is 23.7 Å².